The van der Waals surface area contributed by atoms with Crippen molar-refractivity contribution in [3.05, 3.63) is 59.1 Å². The highest BCUT2D eigenvalue weighted by Crippen LogP contribution is 2.23. The number of ether oxygens (including phenoxy) is 1. The van der Waals surface area contributed by atoms with Gasteiger partial charge in [-0.25, -0.2) is 0 Å². The molecule has 0 aliphatic rings. The van der Waals surface area contributed by atoms with E-state index < -0.39 is 5.97 Å². The van der Waals surface area contributed by atoms with Crippen LogP contribution in [0.5, 0.6) is 5.75 Å². The summed E-state index contributed by atoms with van der Waals surface area (Å²) in [6, 6.07) is 13.7. The molecule has 0 fully saturated rings. The van der Waals surface area contributed by atoms with Crippen LogP contribution in [0.3, 0.4) is 0 Å². The van der Waals surface area contributed by atoms with Crippen molar-refractivity contribution >= 4 is 29.2 Å². The Bertz CT molecular complexity index is 715. The molecule has 6 heteroatoms. The van der Waals surface area contributed by atoms with Gasteiger partial charge < -0.3 is 14.7 Å². The molecule has 0 aliphatic heterocycles. The predicted octanol–water partition coefficient (Wildman–Crippen LogP) is 3.86. The third kappa shape index (κ3) is 4.73. The molecule has 0 saturated carbocycles. The number of carboxylic acid groups (broad SMARTS) is 1. The van der Waals surface area contributed by atoms with Gasteiger partial charge in [0.15, 0.2) is 0 Å². The van der Waals surface area contributed by atoms with E-state index in [2.05, 4.69) is 0 Å². The number of hydrogen-bond donors (Lipinski definition) is 1. The van der Waals surface area contributed by atoms with Crippen LogP contribution in [-0.2, 0) is 4.79 Å². The summed E-state index contributed by atoms with van der Waals surface area (Å²) < 4.78 is 5.20. The van der Waals surface area contributed by atoms with Gasteiger partial charge in [0.25, 0.3) is 5.91 Å². The maximum absolute atomic E-state index is 12.8. The third-order valence-electron chi connectivity index (χ3n) is 3.47. The van der Waals surface area contributed by atoms with Gasteiger partial charge in [0.2, 0.25) is 0 Å². The zero-order chi connectivity index (χ0) is 17.5. The molecule has 2 aromatic rings. The molecule has 2 rings (SSSR count). The summed E-state index contributed by atoms with van der Waals surface area (Å²) in [5.74, 6) is -0.482. The van der Waals surface area contributed by atoms with Gasteiger partial charge in [-0.15, -0.1) is 0 Å². The van der Waals surface area contributed by atoms with E-state index >= 15 is 0 Å². The van der Waals surface area contributed by atoms with Crippen molar-refractivity contribution in [2.45, 2.75) is 12.8 Å². The molecule has 0 radical (unpaired) electrons. The first kappa shape index (κ1) is 17.8. The molecule has 0 heterocycles. The van der Waals surface area contributed by atoms with Crippen molar-refractivity contribution in [3.63, 3.8) is 0 Å². The topological polar surface area (TPSA) is 66.8 Å². The second kappa shape index (κ2) is 8.36. The highest BCUT2D eigenvalue weighted by Gasteiger charge is 2.18. The minimum Gasteiger partial charge on any atom is -0.497 e. The number of nitrogens with zero attached hydrogens (tertiary/aromatic N) is 1. The summed E-state index contributed by atoms with van der Waals surface area (Å²) >= 11 is 5.86. The van der Waals surface area contributed by atoms with E-state index in [0.29, 0.717) is 35.0 Å². The summed E-state index contributed by atoms with van der Waals surface area (Å²) in [5.41, 5.74) is 1.14. The van der Waals surface area contributed by atoms with E-state index in [1.807, 2.05) is 0 Å². The van der Waals surface area contributed by atoms with Crippen LogP contribution in [0, 0.1) is 0 Å². The number of methoxy groups -OCH3 is 1. The third-order valence-corrected chi connectivity index (χ3v) is 3.73. The monoisotopic (exact) mass is 347 g/mol. The molecule has 0 saturated heterocycles. The first-order valence-corrected chi connectivity index (χ1v) is 7.82. The molecular weight excluding hydrogens is 330 g/mol. The van der Waals surface area contributed by atoms with Gasteiger partial charge in [-0.05, 0) is 42.8 Å². The Balaban J connectivity index is 2.28. The van der Waals surface area contributed by atoms with Gasteiger partial charge in [-0.2, -0.15) is 0 Å². The Morgan fingerprint density at radius 3 is 2.50 bits per heavy atom. The van der Waals surface area contributed by atoms with Crippen LogP contribution >= 0.6 is 11.6 Å². The van der Waals surface area contributed by atoms with E-state index in [1.165, 1.54) is 0 Å². The molecule has 0 atom stereocenters. The molecule has 0 aromatic heterocycles. The highest BCUT2D eigenvalue weighted by molar-refractivity contribution is 6.30. The Morgan fingerprint density at radius 1 is 1.17 bits per heavy atom. The molecule has 24 heavy (non-hydrogen) atoms. The molecular formula is C18H18ClNO4. The Morgan fingerprint density at radius 2 is 1.88 bits per heavy atom. The lowest BCUT2D eigenvalue weighted by atomic mass is 10.1. The quantitative estimate of drug-likeness (QED) is 0.825. The maximum Gasteiger partial charge on any atom is 0.303 e. The van der Waals surface area contributed by atoms with Crippen molar-refractivity contribution < 1.29 is 19.4 Å². The first-order valence-electron chi connectivity index (χ1n) is 7.44. The van der Waals surface area contributed by atoms with E-state index in [-0.39, 0.29) is 12.3 Å². The lowest BCUT2D eigenvalue weighted by Crippen LogP contribution is -2.32. The Labute approximate surface area is 145 Å². The number of anilines is 1. The predicted molar refractivity (Wildman–Crippen MR) is 93.0 cm³/mol. The van der Waals surface area contributed by atoms with Crippen LogP contribution < -0.4 is 9.64 Å². The van der Waals surface area contributed by atoms with Crippen LogP contribution in [0.2, 0.25) is 5.02 Å². The standard InChI is InChI=1S/C18H18ClNO4/c1-24-16-5-2-4-15(12-16)20(11-3-6-17(21)22)18(23)13-7-9-14(19)10-8-13/h2,4-5,7-10,12H,3,6,11H2,1H3,(H,21,22). The molecule has 0 spiro atoms. The van der Waals surface area contributed by atoms with Crippen molar-refractivity contribution in [3.8, 4) is 5.75 Å². The van der Waals surface area contributed by atoms with Gasteiger partial charge in [0.1, 0.15) is 5.75 Å². The average Bonchev–Trinajstić information content (AvgIpc) is 2.58. The fourth-order valence-electron chi connectivity index (χ4n) is 2.26. The molecule has 2 aromatic carbocycles. The first-order chi connectivity index (χ1) is 11.5. The van der Waals surface area contributed by atoms with Crippen LogP contribution in [0.25, 0.3) is 0 Å². The summed E-state index contributed by atoms with van der Waals surface area (Å²) in [7, 11) is 1.55. The lowest BCUT2D eigenvalue weighted by Gasteiger charge is -2.23. The number of hydrogen-bond acceptors (Lipinski definition) is 3. The van der Waals surface area contributed by atoms with Crippen molar-refractivity contribution in [1.82, 2.24) is 0 Å². The van der Waals surface area contributed by atoms with Gasteiger partial charge in [0.05, 0.1) is 7.11 Å². The summed E-state index contributed by atoms with van der Waals surface area (Å²) in [6.07, 6.45) is 0.347. The molecule has 1 N–H and O–H groups in total. The summed E-state index contributed by atoms with van der Waals surface area (Å²) in [6.45, 7) is 0.293. The minimum atomic E-state index is -0.889. The Kier molecular flexibility index (Phi) is 6.21. The molecule has 1 amide bonds. The molecule has 0 aliphatic carbocycles. The SMILES string of the molecule is COc1cccc(N(CCCC(=O)O)C(=O)c2ccc(Cl)cc2)c1. The van der Waals surface area contributed by atoms with Gasteiger partial charge in [-0.1, -0.05) is 17.7 Å². The van der Waals surface area contributed by atoms with Crippen LogP contribution in [-0.4, -0.2) is 30.6 Å². The smallest absolute Gasteiger partial charge is 0.303 e. The van der Waals surface area contributed by atoms with Crippen LogP contribution in [0.1, 0.15) is 23.2 Å². The number of carboxylic acids is 1. The Hall–Kier alpha value is -2.53. The number of aliphatic carboxylic acids is 1. The largest absolute Gasteiger partial charge is 0.497 e. The fourth-order valence-corrected chi connectivity index (χ4v) is 2.39. The van der Waals surface area contributed by atoms with Gasteiger partial charge in [0, 0.05) is 35.3 Å². The number of amides is 1. The van der Waals surface area contributed by atoms with E-state index in [1.54, 1.807) is 60.5 Å². The second-order valence-corrected chi connectivity index (χ2v) is 5.60. The van der Waals surface area contributed by atoms with Gasteiger partial charge in [-0.3, -0.25) is 9.59 Å². The lowest BCUT2D eigenvalue weighted by molar-refractivity contribution is -0.137. The molecule has 0 unspecified atom stereocenters. The molecule has 0 bridgehead atoms. The normalized spacial score (nSPS) is 10.2. The number of rotatable bonds is 7. The molecule has 5 nitrogen and oxygen atoms in total. The second-order valence-electron chi connectivity index (χ2n) is 5.16. The van der Waals surface area contributed by atoms with E-state index in [9.17, 15) is 9.59 Å². The van der Waals surface area contributed by atoms with Crippen molar-refractivity contribution in [1.29, 1.82) is 0 Å². The number of carbonyl (C=O) groups is 2. The number of benzene rings is 2. The summed E-state index contributed by atoms with van der Waals surface area (Å²) in [5, 5.41) is 9.37. The molecule has 126 valence electrons. The fraction of sp³-hybridized carbons (Fsp3) is 0.222. The van der Waals surface area contributed by atoms with Gasteiger partial charge >= 0.3 is 5.97 Å². The minimum absolute atomic E-state index is 0.00559. The average molecular weight is 348 g/mol. The van der Waals surface area contributed by atoms with Crippen molar-refractivity contribution in [2.24, 2.45) is 0 Å². The van der Waals surface area contributed by atoms with Crippen molar-refractivity contribution in [2.75, 3.05) is 18.6 Å². The van der Waals surface area contributed by atoms with E-state index in [0.717, 1.165) is 0 Å². The number of halogens is 1. The van der Waals surface area contributed by atoms with Crippen LogP contribution in [0.15, 0.2) is 48.5 Å². The maximum atomic E-state index is 12.8. The zero-order valence-electron chi connectivity index (χ0n) is 13.2. The van der Waals surface area contributed by atoms with E-state index in [4.69, 9.17) is 21.4 Å². The van der Waals surface area contributed by atoms with Crippen LogP contribution in [0.4, 0.5) is 5.69 Å². The zero-order valence-corrected chi connectivity index (χ0v) is 14.0. The summed E-state index contributed by atoms with van der Waals surface area (Å²) in [4.78, 5) is 25.1. The highest BCUT2D eigenvalue weighted by atomic mass is 35.5. The number of carbonyl (C=O) groups excluding carboxylic acids is 1.